The normalized spacial score (nSPS) is 10.0. The van der Waals surface area contributed by atoms with E-state index in [1.165, 1.54) is 18.5 Å². The molecule has 18 heavy (non-hydrogen) atoms. The lowest BCUT2D eigenvalue weighted by molar-refractivity contribution is 0.0696. The molecule has 2 aromatic rings. The SMILES string of the molecule is O=C(O)c1cncc(OCCc2ccncc2)c1. The fourth-order valence-electron chi connectivity index (χ4n) is 1.45. The Bertz CT molecular complexity index is 529. The van der Waals surface area contributed by atoms with Crippen molar-refractivity contribution in [2.45, 2.75) is 6.42 Å². The maximum absolute atomic E-state index is 10.7. The van der Waals surface area contributed by atoms with Gasteiger partial charge in [-0.3, -0.25) is 9.97 Å². The molecular weight excluding hydrogens is 232 g/mol. The molecule has 5 nitrogen and oxygen atoms in total. The van der Waals surface area contributed by atoms with Crippen molar-refractivity contribution in [3.63, 3.8) is 0 Å². The summed E-state index contributed by atoms with van der Waals surface area (Å²) >= 11 is 0. The van der Waals surface area contributed by atoms with Crippen molar-refractivity contribution in [3.05, 3.63) is 54.1 Å². The summed E-state index contributed by atoms with van der Waals surface area (Å²) in [7, 11) is 0. The van der Waals surface area contributed by atoms with Gasteiger partial charge in [0.05, 0.1) is 18.4 Å². The highest BCUT2D eigenvalue weighted by atomic mass is 16.5. The van der Waals surface area contributed by atoms with E-state index in [0.29, 0.717) is 12.4 Å². The smallest absolute Gasteiger partial charge is 0.337 e. The predicted molar refractivity (Wildman–Crippen MR) is 64.6 cm³/mol. The van der Waals surface area contributed by atoms with Crippen LogP contribution in [0.3, 0.4) is 0 Å². The molecule has 0 spiro atoms. The Morgan fingerprint density at radius 1 is 1.22 bits per heavy atom. The lowest BCUT2D eigenvalue weighted by Crippen LogP contribution is -2.03. The Kier molecular flexibility index (Phi) is 3.86. The van der Waals surface area contributed by atoms with Crippen LogP contribution in [-0.2, 0) is 6.42 Å². The zero-order chi connectivity index (χ0) is 12.8. The third kappa shape index (κ3) is 3.28. The fraction of sp³-hybridized carbons (Fsp3) is 0.154. The Balaban J connectivity index is 1.90. The van der Waals surface area contributed by atoms with E-state index in [9.17, 15) is 4.79 Å². The topological polar surface area (TPSA) is 72.3 Å². The average molecular weight is 244 g/mol. The number of hydrogen-bond acceptors (Lipinski definition) is 4. The van der Waals surface area contributed by atoms with Crippen LogP contribution in [0.2, 0.25) is 0 Å². The second kappa shape index (κ2) is 5.77. The first-order valence-electron chi connectivity index (χ1n) is 5.46. The third-order valence-electron chi connectivity index (χ3n) is 2.37. The molecule has 2 heterocycles. The van der Waals surface area contributed by atoms with Gasteiger partial charge in [0.1, 0.15) is 5.75 Å². The van der Waals surface area contributed by atoms with Crippen LogP contribution in [0.25, 0.3) is 0 Å². The molecule has 0 saturated carbocycles. The summed E-state index contributed by atoms with van der Waals surface area (Å²) in [5, 5.41) is 8.81. The second-order valence-electron chi connectivity index (χ2n) is 3.67. The van der Waals surface area contributed by atoms with Gasteiger partial charge in [0.15, 0.2) is 0 Å². The lowest BCUT2D eigenvalue weighted by atomic mass is 10.2. The van der Waals surface area contributed by atoms with Crippen LogP contribution in [0.5, 0.6) is 5.75 Å². The van der Waals surface area contributed by atoms with Crippen molar-refractivity contribution >= 4 is 5.97 Å². The van der Waals surface area contributed by atoms with Crippen molar-refractivity contribution in [2.75, 3.05) is 6.61 Å². The molecule has 0 fully saturated rings. The number of hydrogen-bond donors (Lipinski definition) is 1. The largest absolute Gasteiger partial charge is 0.492 e. The summed E-state index contributed by atoms with van der Waals surface area (Å²) in [5.74, 6) is -0.550. The van der Waals surface area contributed by atoms with Crippen LogP contribution in [0.15, 0.2) is 43.0 Å². The maximum atomic E-state index is 10.7. The van der Waals surface area contributed by atoms with Gasteiger partial charge in [-0.1, -0.05) is 0 Å². The van der Waals surface area contributed by atoms with E-state index in [1.54, 1.807) is 12.4 Å². The zero-order valence-electron chi connectivity index (χ0n) is 9.61. The maximum Gasteiger partial charge on any atom is 0.337 e. The monoisotopic (exact) mass is 244 g/mol. The molecule has 92 valence electrons. The third-order valence-corrected chi connectivity index (χ3v) is 2.37. The zero-order valence-corrected chi connectivity index (χ0v) is 9.61. The highest BCUT2D eigenvalue weighted by molar-refractivity contribution is 5.87. The first-order chi connectivity index (χ1) is 8.75. The summed E-state index contributed by atoms with van der Waals surface area (Å²) < 4.78 is 5.45. The van der Waals surface area contributed by atoms with Crippen molar-refractivity contribution in [3.8, 4) is 5.75 Å². The van der Waals surface area contributed by atoms with Crippen molar-refractivity contribution in [1.29, 1.82) is 0 Å². The summed E-state index contributed by atoms with van der Waals surface area (Å²) in [6.45, 7) is 0.467. The Morgan fingerprint density at radius 2 is 2.00 bits per heavy atom. The highest BCUT2D eigenvalue weighted by Gasteiger charge is 2.04. The van der Waals surface area contributed by atoms with E-state index in [1.807, 2.05) is 12.1 Å². The van der Waals surface area contributed by atoms with Crippen LogP contribution < -0.4 is 4.74 Å². The number of aromatic nitrogens is 2. The van der Waals surface area contributed by atoms with E-state index in [0.717, 1.165) is 12.0 Å². The fourth-order valence-corrected chi connectivity index (χ4v) is 1.45. The van der Waals surface area contributed by atoms with Crippen molar-refractivity contribution < 1.29 is 14.6 Å². The van der Waals surface area contributed by atoms with Crippen LogP contribution in [-0.4, -0.2) is 27.7 Å². The van der Waals surface area contributed by atoms with E-state index in [-0.39, 0.29) is 5.56 Å². The van der Waals surface area contributed by atoms with Crippen LogP contribution in [0, 0.1) is 0 Å². The predicted octanol–water partition coefficient (Wildman–Crippen LogP) is 1.80. The standard InChI is InChI=1S/C13H12N2O3/c16-13(17)11-7-12(9-15-8-11)18-6-3-10-1-4-14-5-2-10/h1-2,4-5,7-9H,3,6H2,(H,16,17). The number of aromatic carboxylic acids is 1. The molecule has 0 aliphatic carbocycles. The molecule has 1 N–H and O–H groups in total. The molecule has 0 unspecified atom stereocenters. The van der Waals surface area contributed by atoms with Crippen LogP contribution in [0.1, 0.15) is 15.9 Å². The molecule has 0 aromatic carbocycles. The van der Waals surface area contributed by atoms with Gasteiger partial charge >= 0.3 is 5.97 Å². The Morgan fingerprint density at radius 3 is 2.72 bits per heavy atom. The molecule has 0 aliphatic rings. The van der Waals surface area contributed by atoms with Crippen molar-refractivity contribution in [2.24, 2.45) is 0 Å². The van der Waals surface area contributed by atoms with E-state index >= 15 is 0 Å². The lowest BCUT2D eigenvalue weighted by Gasteiger charge is -2.06. The van der Waals surface area contributed by atoms with E-state index < -0.39 is 5.97 Å². The number of carboxylic acid groups (broad SMARTS) is 1. The van der Waals surface area contributed by atoms with Crippen LogP contribution in [0.4, 0.5) is 0 Å². The van der Waals surface area contributed by atoms with Gasteiger partial charge in [0.25, 0.3) is 0 Å². The average Bonchev–Trinajstić information content (AvgIpc) is 2.40. The first kappa shape index (κ1) is 12.0. The summed E-state index contributed by atoms with van der Waals surface area (Å²) in [6, 6.07) is 5.28. The van der Waals surface area contributed by atoms with Crippen molar-refractivity contribution in [1.82, 2.24) is 9.97 Å². The highest BCUT2D eigenvalue weighted by Crippen LogP contribution is 2.11. The number of nitrogens with zero attached hydrogens (tertiary/aromatic N) is 2. The molecule has 0 saturated heterocycles. The molecule has 0 aliphatic heterocycles. The Hall–Kier alpha value is -2.43. The van der Waals surface area contributed by atoms with Gasteiger partial charge in [0, 0.05) is 25.0 Å². The minimum absolute atomic E-state index is 0.122. The molecule has 0 atom stereocenters. The van der Waals surface area contributed by atoms with Gasteiger partial charge in [-0.25, -0.2) is 4.79 Å². The van der Waals surface area contributed by atoms with Gasteiger partial charge in [-0.05, 0) is 23.8 Å². The molecule has 2 aromatic heterocycles. The van der Waals surface area contributed by atoms with E-state index in [2.05, 4.69) is 9.97 Å². The molecule has 2 rings (SSSR count). The van der Waals surface area contributed by atoms with Crippen LogP contribution >= 0.6 is 0 Å². The minimum Gasteiger partial charge on any atom is -0.492 e. The molecule has 0 amide bonds. The molecule has 5 heteroatoms. The number of pyridine rings is 2. The molecule has 0 radical (unpaired) electrons. The van der Waals surface area contributed by atoms with Gasteiger partial charge in [-0.2, -0.15) is 0 Å². The number of carbonyl (C=O) groups is 1. The minimum atomic E-state index is -1.01. The molecular formula is C13H12N2O3. The number of ether oxygens (including phenoxy) is 1. The quantitative estimate of drug-likeness (QED) is 0.868. The van der Waals surface area contributed by atoms with Gasteiger partial charge in [0.2, 0.25) is 0 Å². The molecule has 0 bridgehead atoms. The summed E-state index contributed by atoms with van der Waals surface area (Å²) in [5.41, 5.74) is 1.24. The number of carboxylic acids is 1. The Labute approximate surface area is 104 Å². The summed E-state index contributed by atoms with van der Waals surface area (Å²) in [6.07, 6.45) is 6.97. The summed E-state index contributed by atoms with van der Waals surface area (Å²) in [4.78, 5) is 18.5. The second-order valence-corrected chi connectivity index (χ2v) is 3.67. The van der Waals surface area contributed by atoms with E-state index in [4.69, 9.17) is 9.84 Å². The van der Waals surface area contributed by atoms with Gasteiger partial charge < -0.3 is 9.84 Å². The van der Waals surface area contributed by atoms with Gasteiger partial charge in [-0.15, -0.1) is 0 Å². The first-order valence-corrected chi connectivity index (χ1v) is 5.46. The number of rotatable bonds is 5.